The number of aromatic nitrogens is 1. The number of amides is 1. The Hall–Kier alpha value is -2.80. The van der Waals surface area contributed by atoms with Gasteiger partial charge in [-0.25, -0.2) is 0 Å². The molecule has 1 aromatic heterocycles. The number of fused-ring (bicyclic) bond motifs is 2. The smallest absolute Gasteiger partial charge is 0.286 e. The van der Waals surface area contributed by atoms with Gasteiger partial charge in [-0.15, -0.1) is 0 Å². The summed E-state index contributed by atoms with van der Waals surface area (Å²) < 4.78 is 19.5. The highest BCUT2D eigenvalue weighted by atomic mass is 32.1. The molecule has 0 unspecified atom stereocenters. The van der Waals surface area contributed by atoms with Gasteiger partial charge in [-0.2, -0.15) is 4.99 Å². The predicted octanol–water partition coefficient (Wildman–Crippen LogP) is 2.52. The van der Waals surface area contributed by atoms with Crippen LogP contribution >= 0.6 is 11.3 Å². The number of para-hydroxylation sites is 1. The van der Waals surface area contributed by atoms with E-state index in [9.17, 15) is 4.79 Å². The van der Waals surface area contributed by atoms with Gasteiger partial charge in [0.1, 0.15) is 19.0 Å². The number of ether oxygens (including phenoxy) is 3. The van der Waals surface area contributed by atoms with Gasteiger partial charge >= 0.3 is 0 Å². The van der Waals surface area contributed by atoms with Gasteiger partial charge in [-0.3, -0.25) is 4.79 Å². The lowest BCUT2D eigenvalue weighted by Crippen LogP contribution is -2.17. The Morgan fingerprint density at radius 2 is 1.92 bits per heavy atom. The van der Waals surface area contributed by atoms with E-state index in [0.717, 1.165) is 21.7 Å². The molecule has 128 valence electrons. The third kappa shape index (κ3) is 3.23. The summed E-state index contributed by atoms with van der Waals surface area (Å²) in [7, 11) is 1.87. The van der Waals surface area contributed by atoms with E-state index in [4.69, 9.17) is 14.2 Å². The highest BCUT2D eigenvalue weighted by Crippen LogP contribution is 2.35. The zero-order chi connectivity index (χ0) is 17.2. The molecule has 0 saturated carbocycles. The third-order valence-electron chi connectivity index (χ3n) is 3.80. The lowest BCUT2D eigenvalue weighted by Gasteiger charge is -2.18. The number of hydrogen-bond donors (Lipinski definition) is 0. The number of carbonyl (C=O) groups excluding carboxylic acids is 1. The molecular weight excluding hydrogens is 340 g/mol. The Balaban J connectivity index is 1.60. The van der Waals surface area contributed by atoms with Crippen LogP contribution in [-0.4, -0.2) is 30.3 Å². The molecule has 0 bridgehead atoms. The molecule has 0 spiro atoms. The summed E-state index contributed by atoms with van der Waals surface area (Å²) in [5.74, 6) is 1.76. The van der Waals surface area contributed by atoms with Gasteiger partial charge in [-0.05, 0) is 12.1 Å². The normalized spacial score (nSPS) is 13.9. The summed E-state index contributed by atoms with van der Waals surface area (Å²) in [5, 5.41) is 0. The average Bonchev–Trinajstić information content (AvgIpc) is 2.94. The predicted molar refractivity (Wildman–Crippen MR) is 94.3 cm³/mol. The number of aryl methyl sites for hydroxylation is 1. The van der Waals surface area contributed by atoms with Crippen LogP contribution in [0.15, 0.2) is 47.5 Å². The Kier molecular flexibility index (Phi) is 4.15. The number of rotatable bonds is 3. The second-order valence-corrected chi connectivity index (χ2v) is 6.52. The number of thiazole rings is 1. The van der Waals surface area contributed by atoms with E-state index in [1.54, 1.807) is 12.1 Å². The van der Waals surface area contributed by atoms with Crippen molar-refractivity contribution in [2.75, 3.05) is 19.8 Å². The van der Waals surface area contributed by atoms with E-state index in [2.05, 4.69) is 4.99 Å². The summed E-state index contributed by atoms with van der Waals surface area (Å²) in [6.07, 6.45) is 0. The summed E-state index contributed by atoms with van der Waals surface area (Å²) >= 11 is 1.43. The van der Waals surface area contributed by atoms with E-state index in [1.807, 2.05) is 41.9 Å². The highest BCUT2D eigenvalue weighted by molar-refractivity contribution is 7.16. The van der Waals surface area contributed by atoms with Crippen molar-refractivity contribution in [2.45, 2.75) is 0 Å². The van der Waals surface area contributed by atoms with Crippen LogP contribution in [0, 0.1) is 0 Å². The molecule has 3 aromatic rings. The van der Waals surface area contributed by atoms with E-state index >= 15 is 0 Å². The molecule has 6 nitrogen and oxygen atoms in total. The average molecular weight is 356 g/mol. The first-order chi connectivity index (χ1) is 12.2. The molecule has 0 radical (unpaired) electrons. The van der Waals surface area contributed by atoms with E-state index in [-0.39, 0.29) is 12.5 Å². The first-order valence-electron chi connectivity index (χ1n) is 7.85. The molecule has 1 amide bonds. The van der Waals surface area contributed by atoms with Crippen LogP contribution in [0.5, 0.6) is 17.2 Å². The Morgan fingerprint density at radius 3 is 2.68 bits per heavy atom. The van der Waals surface area contributed by atoms with Crippen LogP contribution in [0.4, 0.5) is 0 Å². The van der Waals surface area contributed by atoms with Gasteiger partial charge in [0.05, 0.1) is 10.2 Å². The molecule has 0 fully saturated rings. The summed E-state index contributed by atoms with van der Waals surface area (Å²) in [5.41, 5.74) is 0.949. The van der Waals surface area contributed by atoms with Crippen molar-refractivity contribution in [1.82, 2.24) is 4.57 Å². The maximum absolute atomic E-state index is 12.1. The topological polar surface area (TPSA) is 62.1 Å². The quantitative estimate of drug-likeness (QED) is 0.723. The summed E-state index contributed by atoms with van der Waals surface area (Å²) in [6, 6.07) is 13.1. The molecule has 0 aliphatic carbocycles. The Bertz CT molecular complexity index is 991. The SMILES string of the molecule is Cn1c(=NC(=O)COc2ccccc2)sc2cc3c(cc21)OCCO3. The first-order valence-corrected chi connectivity index (χ1v) is 8.67. The van der Waals surface area contributed by atoms with Crippen molar-refractivity contribution in [3.8, 4) is 17.2 Å². The highest BCUT2D eigenvalue weighted by Gasteiger charge is 2.15. The minimum Gasteiger partial charge on any atom is -0.486 e. The van der Waals surface area contributed by atoms with Crippen LogP contribution in [0.3, 0.4) is 0 Å². The minimum atomic E-state index is -0.330. The van der Waals surface area contributed by atoms with Gasteiger partial charge < -0.3 is 18.8 Å². The number of nitrogens with zero attached hydrogens (tertiary/aromatic N) is 2. The zero-order valence-corrected chi connectivity index (χ0v) is 14.4. The monoisotopic (exact) mass is 356 g/mol. The van der Waals surface area contributed by atoms with Crippen LogP contribution in [0.25, 0.3) is 10.2 Å². The van der Waals surface area contributed by atoms with Crippen LogP contribution in [0.2, 0.25) is 0 Å². The number of hydrogen-bond acceptors (Lipinski definition) is 5. The van der Waals surface area contributed by atoms with Gasteiger partial charge in [0.2, 0.25) is 0 Å². The van der Waals surface area contributed by atoms with Crippen molar-refractivity contribution < 1.29 is 19.0 Å². The largest absolute Gasteiger partial charge is 0.486 e. The van der Waals surface area contributed by atoms with Crippen LogP contribution < -0.4 is 19.0 Å². The fourth-order valence-corrected chi connectivity index (χ4v) is 3.62. The number of carbonyl (C=O) groups is 1. The molecule has 4 rings (SSSR count). The molecule has 0 atom stereocenters. The van der Waals surface area contributed by atoms with Crippen molar-refractivity contribution in [3.05, 3.63) is 47.3 Å². The fourth-order valence-electron chi connectivity index (χ4n) is 2.57. The van der Waals surface area contributed by atoms with Crippen molar-refractivity contribution in [1.29, 1.82) is 0 Å². The lowest BCUT2D eigenvalue weighted by atomic mass is 10.3. The van der Waals surface area contributed by atoms with Crippen LogP contribution in [0.1, 0.15) is 0 Å². The second kappa shape index (κ2) is 6.60. The van der Waals surface area contributed by atoms with Gasteiger partial charge in [0.15, 0.2) is 22.9 Å². The maximum atomic E-state index is 12.1. The molecule has 0 saturated heterocycles. The fraction of sp³-hybridized carbons (Fsp3) is 0.222. The minimum absolute atomic E-state index is 0.0962. The van der Waals surface area contributed by atoms with Crippen molar-refractivity contribution in [2.24, 2.45) is 12.0 Å². The molecule has 25 heavy (non-hydrogen) atoms. The molecule has 0 N–H and O–H groups in total. The van der Waals surface area contributed by atoms with E-state index < -0.39 is 0 Å². The maximum Gasteiger partial charge on any atom is 0.286 e. The molecule has 1 aliphatic heterocycles. The number of benzene rings is 2. The van der Waals surface area contributed by atoms with Crippen LogP contribution in [-0.2, 0) is 11.8 Å². The van der Waals surface area contributed by atoms with E-state index in [1.165, 1.54) is 11.3 Å². The summed E-state index contributed by atoms with van der Waals surface area (Å²) in [4.78, 5) is 16.9. The molecular formula is C18H16N2O4S. The van der Waals surface area contributed by atoms with Gasteiger partial charge in [-0.1, -0.05) is 29.5 Å². The molecule has 2 heterocycles. The van der Waals surface area contributed by atoms with E-state index in [0.29, 0.717) is 23.8 Å². The molecule has 2 aromatic carbocycles. The lowest BCUT2D eigenvalue weighted by molar-refractivity contribution is -0.120. The molecule has 7 heteroatoms. The van der Waals surface area contributed by atoms with Gasteiger partial charge in [0, 0.05) is 19.2 Å². The Morgan fingerprint density at radius 1 is 1.20 bits per heavy atom. The van der Waals surface area contributed by atoms with Crippen molar-refractivity contribution >= 4 is 27.5 Å². The summed E-state index contributed by atoms with van der Waals surface area (Å²) in [6.45, 7) is 0.989. The first kappa shape index (κ1) is 15.7. The molecule has 1 aliphatic rings. The van der Waals surface area contributed by atoms with Gasteiger partial charge in [0.25, 0.3) is 5.91 Å². The Labute approximate surface area is 147 Å². The standard InChI is InChI=1S/C18H16N2O4S/c1-20-13-9-14-15(23-8-7-22-14)10-16(13)25-18(20)19-17(21)11-24-12-5-3-2-4-6-12/h2-6,9-10H,7-8,11H2,1H3. The third-order valence-corrected chi connectivity index (χ3v) is 4.89. The second-order valence-electron chi connectivity index (χ2n) is 5.51. The zero-order valence-electron chi connectivity index (χ0n) is 13.6. The van der Waals surface area contributed by atoms with Crippen molar-refractivity contribution in [3.63, 3.8) is 0 Å².